The van der Waals surface area contributed by atoms with Gasteiger partial charge in [-0.15, -0.1) is 11.3 Å². The van der Waals surface area contributed by atoms with Crippen molar-refractivity contribution < 1.29 is 4.79 Å². The van der Waals surface area contributed by atoms with Gasteiger partial charge in [-0.25, -0.2) is 0 Å². The van der Waals surface area contributed by atoms with E-state index in [0.717, 1.165) is 17.3 Å². The third kappa shape index (κ3) is 2.53. The highest BCUT2D eigenvalue weighted by Gasteiger charge is 2.11. The van der Waals surface area contributed by atoms with Gasteiger partial charge in [0.25, 0.3) is 5.91 Å². The Hall–Kier alpha value is -2.27. The molecule has 4 N–H and O–H groups in total. The second-order valence-electron chi connectivity index (χ2n) is 4.59. The lowest BCUT2D eigenvalue weighted by molar-refractivity contribution is 0.0956. The molecule has 5 heteroatoms. The number of carbonyl (C=O) groups is 1. The number of benzene rings is 1. The molecule has 0 aliphatic heterocycles. The van der Waals surface area contributed by atoms with Crippen LogP contribution in [0.3, 0.4) is 0 Å². The maximum absolute atomic E-state index is 12.2. The average molecular weight is 285 g/mol. The fourth-order valence-corrected chi connectivity index (χ4v) is 2.88. The van der Waals surface area contributed by atoms with Gasteiger partial charge in [0.1, 0.15) is 0 Å². The third-order valence-corrected chi connectivity index (χ3v) is 4.12. The fourth-order valence-electron chi connectivity index (χ4n) is 2.18. The van der Waals surface area contributed by atoms with Crippen molar-refractivity contribution in [3.05, 3.63) is 52.3 Å². The molecule has 0 saturated carbocycles. The molecule has 0 atom stereocenters. The predicted octanol–water partition coefficient (Wildman–Crippen LogP) is 2.78. The molecule has 0 aliphatic rings. The van der Waals surface area contributed by atoms with Crippen LogP contribution in [0.2, 0.25) is 0 Å². The quantitative estimate of drug-likeness (QED) is 0.645. The van der Waals surface area contributed by atoms with Gasteiger partial charge in [-0.2, -0.15) is 0 Å². The molecular weight excluding hydrogens is 270 g/mol. The van der Waals surface area contributed by atoms with Crippen molar-refractivity contribution in [2.45, 2.75) is 6.42 Å². The van der Waals surface area contributed by atoms with E-state index >= 15 is 0 Å². The number of aromatic amines is 1. The van der Waals surface area contributed by atoms with Gasteiger partial charge in [-0.3, -0.25) is 4.79 Å². The lowest BCUT2D eigenvalue weighted by Gasteiger charge is -2.03. The highest BCUT2D eigenvalue weighted by Crippen LogP contribution is 2.20. The standard InChI is InChI=1S/C15H15N3OS/c16-10-3-4-14-12(8-10)13(9-18-14)15(19)17-6-5-11-2-1-7-20-11/h1-4,7-9,18H,5-6,16H2,(H,17,19). The minimum atomic E-state index is -0.0709. The SMILES string of the molecule is Nc1ccc2[nH]cc(C(=O)NCCc3cccs3)c2c1. The van der Waals surface area contributed by atoms with Crippen LogP contribution in [-0.4, -0.2) is 17.4 Å². The van der Waals surface area contributed by atoms with Gasteiger partial charge >= 0.3 is 0 Å². The van der Waals surface area contributed by atoms with Crippen LogP contribution >= 0.6 is 11.3 Å². The number of H-pyrrole nitrogens is 1. The van der Waals surface area contributed by atoms with Crippen molar-refractivity contribution >= 4 is 33.8 Å². The normalized spacial score (nSPS) is 10.8. The van der Waals surface area contributed by atoms with Gasteiger partial charge in [0, 0.05) is 34.2 Å². The van der Waals surface area contributed by atoms with E-state index in [4.69, 9.17) is 5.73 Å². The first-order chi connectivity index (χ1) is 9.74. The number of thiophene rings is 1. The Balaban J connectivity index is 1.70. The second kappa shape index (κ2) is 5.38. The molecule has 0 fully saturated rings. The number of nitrogens with one attached hydrogen (secondary N) is 2. The first-order valence-electron chi connectivity index (χ1n) is 6.41. The Morgan fingerprint density at radius 2 is 2.25 bits per heavy atom. The molecule has 0 saturated heterocycles. The van der Waals surface area contributed by atoms with Crippen molar-refractivity contribution in [3.63, 3.8) is 0 Å². The molecule has 4 nitrogen and oxygen atoms in total. The maximum atomic E-state index is 12.2. The summed E-state index contributed by atoms with van der Waals surface area (Å²) in [4.78, 5) is 16.5. The summed E-state index contributed by atoms with van der Waals surface area (Å²) in [5, 5.41) is 5.84. The number of anilines is 1. The van der Waals surface area contributed by atoms with Crippen LogP contribution in [0.4, 0.5) is 5.69 Å². The Kier molecular flexibility index (Phi) is 3.43. The number of fused-ring (bicyclic) bond motifs is 1. The minimum absolute atomic E-state index is 0.0709. The Bertz CT molecular complexity index is 731. The van der Waals surface area contributed by atoms with Crippen molar-refractivity contribution in [2.24, 2.45) is 0 Å². The topological polar surface area (TPSA) is 70.9 Å². The van der Waals surface area contributed by atoms with Crippen molar-refractivity contribution in [2.75, 3.05) is 12.3 Å². The molecule has 0 aliphatic carbocycles. The summed E-state index contributed by atoms with van der Waals surface area (Å²) in [6, 6.07) is 9.61. The van der Waals surface area contributed by atoms with Crippen LogP contribution in [0.1, 0.15) is 15.2 Å². The average Bonchev–Trinajstić information content (AvgIpc) is 3.07. The summed E-state index contributed by atoms with van der Waals surface area (Å²) < 4.78 is 0. The van der Waals surface area contributed by atoms with E-state index in [1.807, 2.05) is 29.6 Å². The molecular formula is C15H15N3OS. The number of hydrogen-bond acceptors (Lipinski definition) is 3. The van der Waals surface area contributed by atoms with Crippen molar-refractivity contribution in [1.29, 1.82) is 0 Å². The van der Waals surface area contributed by atoms with E-state index in [9.17, 15) is 4.79 Å². The van der Waals surface area contributed by atoms with Crippen LogP contribution in [0.5, 0.6) is 0 Å². The Morgan fingerprint density at radius 1 is 1.35 bits per heavy atom. The van der Waals surface area contributed by atoms with Crippen LogP contribution in [0.25, 0.3) is 10.9 Å². The highest BCUT2D eigenvalue weighted by molar-refractivity contribution is 7.09. The number of carbonyl (C=O) groups excluding carboxylic acids is 1. The number of rotatable bonds is 4. The minimum Gasteiger partial charge on any atom is -0.399 e. The first kappa shape index (κ1) is 12.7. The molecule has 0 radical (unpaired) electrons. The Labute approximate surface area is 120 Å². The number of hydrogen-bond donors (Lipinski definition) is 3. The van der Waals surface area contributed by atoms with Gasteiger partial charge in [0.05, 0.1) is 5.56 Å². The molecule has 2 aromatic heterocycles. The molecule has 1 amide bonds. The highest BCUT2D eigenvalue weighted by atomic mass is 32.1. The van der Waals surface area contributed by atoms with Gasteiger partial charge in [0.2, 0.25) is 0 Å². The largest absolute Gasteiger partial charge is 0.399 e. The molecule has 102 valence electrons. The number of amides is 1. The van der Waals surface area contributed by atoms with Gasteiger partial charge in [0.15, 0.2) is 0 Å². The zero-order valence-electron chi connectivity index (χ0n) is 10.8. The van der Waals surface area contributed by atoms with E-state index in [0.29, 0.717) is 17.8 Å². The zero-order valence-corrected chi connectivity index (χ0v) is 11.7. The van der Waals surface area contributed by atoms with Crippen molar-refractivity contribution in [3.8, 4) is 0 Å². The molecule has 0 unspecified atom stereocenters. The fraction of sp³-hybridized carbons (Fsp3) is 0.133. The van der Waals surface area contributed by atoms with E-state index in [-0.39, 0.29) is 5.91 Å². The van der Waals surface area contributed by atoms with Gasteiger partial charge < -0.3 is 16.0 Å². The number of aromatic nitrogens is 1. The second-order valence-corrected chi connectivity index (χ2v) is 5.62. The molecule has 1 aromatic carbocycles. The van der Waals surface area contributed by atoms with Crippen LogP contribution in [0, 0.1) is 0 Å². The summed E-state index contributed by atoms with van der Waals surface area (Å²) in [7, 11) is 0. The number of nitrogens with two attached hydrogens (primary N) is 1. The van der Waals surface area contributed by atoms with Crippen LogP contribution in [-0.2, 0) is 6.42 Å². The molecule has 3 aromatic rings. The number of nitrogen functional groups attached to an aromatic ring is 1. The lowest BCUT2D eigenvalue weighted by atomic mass is 10.1. The lowest BCUT2D eigenvalue weighted by Crippen LogP contribution is -2.25. The summed E-state index contributed by atoms with van der Waals surface area (Å²) in [6.45, 7) is 0.633. The van der Waals surface area contributed by atoms with E-state index in [2.05, 4.69) is 16.4 Å². The van der Waals surface area contributed by atoms with E-state index < -0.39 is 0 Å². The molecule has 0 spiro atoms. The van der Waals surface area contributed by atoms with Gasteiger partial charge in [-0.05, 0) is 36.1 Å². The molecule has 20 heavy (non-hydrogen) atoms. The summed E-state index contributed by atoms with van der Waals surface area (Å²) >= 11 is 1.70. The van der Waals surface area contributed by atoms with E-state index in [1.54, 1.807) is 17.5 Å². The first-order valence-corrected chi connectivity index (χ1v) is 7.29. The van der Waals surface area contributed by atoms with Crippen LogP contribution in [0.15, 0.2) is 41.9 Å². The predicted molar refractivity (Wildman–Crippen MR) is 83.1 cm³/mol. The molecule has 3 rings (SSSR count). The van der Waals surface area contributed by atoms with E-state index in [1.165, 1.54) is 4.88 Å². The molecule has 2 heterocycles. The summed E-state index contributed by atoms with van der Waals surface area (Å²) in [6.07, 6.45) is 2.58. The van der Waals surface area contributed by atoms with Crippen LogP contribution < -0.4 is 11.1 Å². The van der Waals surface area contributed by atoms with Crippen molar-refractivity contribution in [1.82, 2.24) is 10.3 Å². The zero-order chi connectivity index (χ0) is 13.9. The van der Waals surface area contributed by atoms with Gasteiger partial charge in [-0.1, -0.05) is 6.07 Å². The monoisotopic (exact) mass is 285 g/mol. The Morgan fingerprint density at radius 3 is 3.05 bits per heavy atom. The summed E-state index contributed by atoms with van der Waals surface area (Å²) in [5.74, 6) is -0.0709. The third-order valence-electron chi connectivity index (χ3n) is 3.19. The molecule has 0 bridgehead atoms. The maximum Gasteiger partial charge on any atom is 0.253 e. The smallest absolute Gasteiger partial charge is 0.253 e. The summed E-state index contributed by atoms with van der Waals surface area (Å²) in [5.41, 5.74) is 7.99.